The van der Waals surface area contributed by atoms with E-state index in [1.807, 2.05) is 18.2 Å². The monoisotopic (exact) mass is 300 g/mol. The second-order valence-electron chi connectivity index (χ2n) is 3.57. The topological polar surface area (TPSA) is 38.1 Å². The molecule has 72 valence electrons. The van der Waals surface area contributed by atoms with Crippen LogP contribution in [0.25, 0.3) is 11.0 Å². The first kappa shape index (κ1) is 8.52. The van der Waals surface area contributed by atoms with Crippen molar-refractivity contribution in [2.75, 3.05) is 5.32 Å². The van der Waals surface area contributed by atoms with E-state index in [4.69, 9.17) is 4.52 Å². The minimum absolute atomic E-state index is 0.612. The molecule has 0 atom stereocenters. The van der Waals surface area contributed by atoms with E-state index in [0.29, 0.717) is 6.04 Å². The number of nitrogens with one attached hydrogen (secondary N) is 1. The van der Waals surface area contributed by atoms with Crippen molar-refractivity contribution in [3.05, 3.63) is 21.8 Å². The average molecular weight is 300 g/mol. The fourth-order valence-corrected chi connectivity index (χ4v) is 2.05. The minimum Gasteiger partial charge on any atom is -0.364 e. The number of aromatic nitrogens is 1. The van der Waals surface area contributed by atoms with Crippen LogP contribution < -0.4 is 5.32 Å². The highest BCUT2D eigenvalue weighted by Crippen LogP contribution is 2.30. The maximum Gasteiger partial charge on any atom is 0.182 e. The van der Waals surface area contributed by atoms with Crippen molar-refractivity contribution in [1.82, 2.24) is 5.16 Å². The van der Waals surface area contributed by atoms with E-state index in [1.54, 1.807) is 0 Å². The van der Waals surface area contributed by atoms with Crippen LogP contribution in [0, 0.1) is 3.57 Å². The lowest BCUT2D eigenvalue weighted by molar-refractivity contribution is 0.458. The summed E-state index contributed by atoms with van der Waals surface area (Å²) in [5, 5.41) is 8.49. The van der Waals surface area contributed by atoms with E-state index < -0.39 is 0 Å². The Morgan fingerprint density at radius 2 is 2.29 bits per heavy atom. The van der Waals surface area contributed by atoms with Gasteiger partial charge in [0.25, 0.3) is 0 Å². The van der Waals surface area contributed by atoms with Crippen LogP contribution >= 0.6 is 22.6 Å². The first-order valence-electron chi connectivity index (χ1n) is 4.65. The summed E-state index contributed by atoms with van der Waals surface area (Å²) >= 11 is 2.26. The summed E-state index contributed by atoms with van der Waals surface area (Å²) in [6.45, 7) is 0. The lowest BCUT2D eigenvalue weighted by Gasteiger charge is -1.97. The molecule has 3 rings (SSSR count). The fourth-order valence-electron chi connectivity index (χ4n) is 1.45. The van der Waals surface area contributed by atoms with Gasteiger partial charge in [0.05, 0.1) is 8.96 Å². The van der Waals surface area contributed by atoms with Gasteiger partial charge in [-0.25, -0.2) is 0 Å². The van der Waals surface area contributed by atoms with Crippen molar-refractivity contribution < 1.29 is 4.52 Å². The number of anilines is 1. The summed E-state index contributed by atoms with van der Waals surface area (Å²) in [7, 11) is 0. The van der Waals surface area contributed by atoms with Crippen molar-refractivity contribution in [3.63, 3.8) is 0 Å². The predicted octanol–water partition coefficient (Wildman–Crippen LogP) is 3.01. The molecule has 1 saturated carbocycles. The van der Waals surface area contributed by atoms with Crippen molar-refractivity contribution in [2.45, 2.75) is 18.9 Å². The minimum atomic E-state index is 0.612. The molecule has 4 heteroatoms. The number of halogens is 1. The largest absolute Gasteiger partial charge is 0.364 e. The maximum absolute atomic E-state index is 5.29. The summed E-state index contributed by atoms with van der Waals surface area (Å²) in [4.78, 5) is 0. The van der Waals surface area contributed by atoms with Gasteiger partial charge in [0.15, 0.2) is 11.4 Å². The Hall–Kier alpha value is -0.780. The normalized spacial score (nSPS) is 16.1. The predicted molar refractivity (Wildman–Crippen MR) is 63.4 cm³/mol. The third-order valence-electron chi connectivity index (χ3n) is 2.37. The molecule has 1 fully saturated rings. The van der Waals surface area contributed by atoms with Crippen LogP contribution in [0.2, 0.25) is 0 Å². The molecule has 1 aromatic carbocycles. The van der Waals surface area contributed by atoms with E-state index in [1.165, 1.54) is 12.8 Å². The van der Waals surface area contributed by atoms with Crippen LogP contribution in [0.15, 0.2) is 22.7 Å². The zero-order valence-corrected chi connectivity index (χ0v) is 9.61. The van der Waals surface area contributed by atoms with Crippen LogP contribution in [-0.2, 0) is 0 Å². The molecule has 1 aliphatic rings. The van der Waals surface area contributed by atoms with Gasteiger partial charge in [0, 0.05) is 6.04 Å². The third-order valence-corrected chi connectivity index (χ3v) is 3.22. The molecule has 0 bridgehead atoms. The standard InChI is InChI=1S/C10H9IN2O/c11-8-3-1-2-7-9(8)14-13-10(7)12-6-4-5-6/h1-3,6H,4-5H2,(H,12,13). The van der Waals surface area contributed by atoms with E-state index in [0.717, 1.165) is 20.4 Å². The molecular formula is C10H9IN2O. The summed E-state index contributed by atoms with van der Waals surface area (Å²) < 4.78 is 6.40. The molecule has 1 heterocycles. The van der Waals surface area contributed by atoms with Gasteiger partial charge in [-0.3, -0.25) is 0 Å². The number of benzene rings is 1. The number of rotatable bonds is 2. The molecule has 0 aliphatic heterocycles. The van der Waals surface area contributed by atoms with Crippen molar-refractivity contribution >= 4 is 39.4 Å². The van der Waals surface area contributed by atoms with Crippen molar-refractivity contribution in [2.24, 2.45) is 0 Å². The van der Waals surface area contributed by atoms with E-state index in [9.17, 15) is 0 Å². The lowest BCUT2D eigenvalue weighted by Crippen LogP contribution is -2.00. The summed E-state index contributed by atoms with van der Waals surface area (Å²) in [5.74, 6) is 0.890. The maximum atomic E-state index is 5.29. The van der Waals surface area contributed by atoms with Crippen LogP contribution in [0.5, 0.6) is 0 Å². The van der Waals surface area contributed by atoms with Gasteiger partial charge in [-0.1, -0.05) is 11.2 Å². The molecule has 0 amide bonds. The molecular weight excluding hydrogens is 291 g/mol. The Bertz CT molecular complexity index is 476. The van der Waals surface area contributed by atoms with Gasteiger partial charge in [-0.15, -0.1) is 0 Å². The van der Waals surface area contributed by atoms with Crippen LogP contribution in [0.1, 0.15) is 12.8 Å². The average Bonchev–Trinajstić information content (AvgIpc) is 2.88. The lowest BCUT2D eigenvalue weighted by atomic mass is 10.2. The van der Waals surface area contributed by atoms with Gasteiger partial charge in [0.2, 0.25) is 0 Å². The van der Waals surface area contributed by atoms with E-state index in [-0.39, 0.29) is 0 Å². The Labute approximate surface area is 95.0 Å². The summed E-state index contributed by atoms with van der Waals surface area (Å²) in [6, 6.07) is 6.70. The van der Waals surface area contributed by atoms with E-state index >= 15 is 0 Å². The van der Waals surface area contributed by atoms with Gasteiger partial charge < -0.3 is 9.84 Å². The van der Waals surface area contributed by atoms with Gasteiger partial charge in [-0.05, 0) is 47.6 Å². The summed E-state index contributed by atoms with van der Waals surface area (Å²) in [5.41, 5.74) is 0.885. The number of hydrogen-bond acceptors (Lipinski definition) is 3. The zero-order valence-electron chi connectivity index (χ0n) is 7.46. The number of hydrogen-bond donors (Lipinski definition) is 1. The number of fused-ring (bicyclic) bond motifs is 1. The second-order valence-corrected chi connectivity index (χ2v) is 4.73. The smallest absolute Gasteiger partial charge is 0.182 e. The molecule has 3 nitrogen and oxygen atoms in total. The van der Waals surface area contributed by atoms with Crippen LogP contribution in [0.4, 0.5) is 5.82 Å². The summed E-state index contributed by atoms with van der Waals surface area (Å²) in [6.07, 6.45) is 2.50. The SMILES string of the molecule is Ic1cccc2c(NC3CC3)noc12. The highest BCUT2D eigenvalue weighted by atomic mass is 127. The molecule has 0 saturated heterocycles. The fraction of sp³-hybridized carbons (Fsp3) is 0.300. The molecule has 0 spiro atoms. The van der Waals surface area contributed by atoms with Crippen LogP contribution in [0.3, 0.4) is 0 Å². The van der Waals surface area contributed by atoms with Crippen molar-refractivity contribution in [3.8, 4) is 0 Å². The molecule has 1 N–H and O–H groups in total. The van der Waals surface area contributed by atoms with Gasteiger partial charge in [-0.2, -0.15) is 0 Å². The van der Waals surface area contributed by atoms with Crippen LogP contribution in [-0.4, -0.2) is 11.2 Å². The van der Waals surface area contributed by atoms with Crippen molar-refractivity contribution in [1.29, 1.82) is 0 Å². The Kier molecular flexibility index (Phi) is 1.90. The third kappa shape index (κ3) is 1.37. The first-order chi connectivity index (χ1) is 6.84. The highest BCUT2D eigenvalue weighted by molar-refractivity contribution is 14.1. The first-order valence-corrected chi connectivity index (χ1v) is 5.73. The quantitative estimate of drug-likeness (QED) is 0.866. The van der Waals surface area contributed by atoms with Gasteiger partial charge in [0.1, 0.15) is 0 Å². The Morgan fingerprint density at radius 3 is 3.07 bits per heavy atom. The zero-order chi connectivity index (χ0) is 9.54. The van der Waals surface area contributed by atoms with Gasteiger partial charge >= 0.3 is 0 Å². The molecule has 1 aliphatic carbocycles. The Balaban J connectivity index is 2.10. The Morgan fingerprint density at radius 1 is 1.43 bits per heavy atom. The number of para-hydroxylation sites is 1. The molecule has 2 aromatic rings. The number of nitrogens with zero attached hydrogens (tertiary/aromatic N) is 1. The highest BCUT2D eigenvalue weighted by Gasteiger charge is 2.23. The van der Waals surface area contributed by atoms with E-state index in [2.05, 4.69) is 33.1 Å². The second kappa shape index (κ2) is 3.12. The molecule has 0 unspecified atom stereocenters. The molecule has 1 aromatic heterocycles. The molecule has 14 heavy (non-hydrogen) atoms. The molecule has 0 radical (unpaired) electrons.